The molecular formula is C23H30N2O3. The molecule has 0 aliphatic carbocycles. The van der Waals surface area contributed by atoms with Crippen molar-refractivity contribution < 1.29 is 14.6 Å². The summed E-state index contributed by atoms with van der Waals surface area (Å²) in [5, 5.41) is 11.9. The standard InChI is InChI=1S/C23H30N2O3/c1-3-24(4-2)14-20-15-25(13-18-8-6-5-7-9-18)16-23(20,26)19-10-11-21-22(12-19)28-17-27-21/h5-12,20,26H,3-4,13-17H2,1-2H3. The maximum Gasteiger partial charge on any atom is 0.231 e. The van der Waals surface area contributed by atoms with Crippen molar-refractivity contribution >= 4 is 0 Å². The molecule has 2 aliphatic rings. The van der Waals surface area contributed by atoms with Crippen LogP contribution in [-0.2, 0) is 12.1 Å². The molecule has 1 fully saturated rings. The summed E-state index contributed by atoms with van der Waals surface area (Å²) in [6.45, 7) is 9.81. The van der Waals surface area contributed by atoms with Crippen molar-refractivity contribution in [1.29, 1.82) is 0 Å². The molecule has 150 valence electrons. The quantitative estimate of drug-likeness (QED) is 0.797. The van der Waals surface area contributed by atoms with Crippen molar-refractivity contribution in [2.75, 3.05) is 39.5 Å². The van der Waals surface area contributed by atoms with Gasteiger partial charge in [-0.15, -0.1) is 0 Å². The number of fused-ring (bicyclic) bond motifs is 1. The van der Waals surface area contributed by atoms with E-state index in [-0.39, 0.29) is 12.7 Å². The molecule has 1 saturated heterocycles. The Kier molecular flexibility index (Phi) is 5.58. The van der Waals surface area contributed by atoms with Crippen LogP contribution in [0.3, 0.4) is 0 Å². The fourth-order valence-corrected chi connectivity index (χ4v) is 4.45. The Balaban J connectivity index is 1.61. The predicted molar refractivity (Wildman–Crippen MR) is 109 cm³/mol. The van der Waals surface area contributed by atoms with Crippen molar-refractivity contribution in [2.45, 2.75) is 26.0 Å². The van der Waals surface area contributed by atoms with E-state index in [9.17, 15) is 5.11 Å². The van der Waals surface area contributed by atoms with E-state index >= 15 is 0 Å². The molecule has 0 spiro atoms. The third kappa shape index (κ3) is 3.75. The number of hydrogen-bond donors (Lipinski definition) is 1. The zero-order valence-electron chi connectivity index (χ0n) is 16.8. The van der Waals surface area contributed by atoms with Gasteiger partial charge in [0.05, 0.1) is 0 Å². The molecule has 0 amide bonds. The Morgan fingerprint density at radius 1 is 1.07 bits per heavy atom. The molecule has 4 rings (SSSR count). The molecule has 2 aromatic rings. The molecule has 2 aromatic carbocycles. The van der Waals surface area contributed by atoms with E-state index in [0.717, 1.165) is 49.8 Å². The van der Waals surface area contributed by atoms with Crippen LogP contribution in [0.1, 0.15) is 25.0 Å². The van der Waals surface area contributed by atoms with Gasteiger partial charge in [0.15, 0.2) is 11.5 Å². The van der Waals surface area contributed by atoms with Gasteiger partial charge >= 0.3 is 0 Å². The second-order valence-corrected chi connectivity index (χ2v) is 7.83. The lowest BCUT2D eigenvalue weighted by Gasteiger charge is -2.33. The van der Waals surface area contributed by atoms with Crippen molar-refractivity contribution in [3.8, 4) is 11.5 Å². The smallest absolute Gasteiger partial charge is 0.231 e. The van der Waals surface area contributed by atoms with E-state index < -0.39 is 5.60 Å². The Morgan fingerprint density at radius 3 is 2.57 bits per heavy atom. The highest BCUT2D eigenvalue weighted by Crippen LogP contribution is 2.42. The van der Waals surface area contributed by atoms with Gasteiger partial charge in [-0.1, -0.05) is 50.2 Å². The van der Waals surface area contributed by atoms with Crippen molar-refractivity contribution in [1.82, 2.24) is 9.80 Å². The lowest BCUT2D eigenvalue weighted by atomic mass is 9.83. The zero-order chi connectivity index (χ0) is 19.6. The van der Waals surface area contributed by atoms with Gasteiger partial charge in [0.1, 0.15) is 5.60 Å². The Labute approximate surface area is 167 Å². The number of ether oxygens (including phenoxy) is 2. The summed E-state index contributed by atoms with van der Waals surface area (Å²) >= 11 is 0. The Bertz CT molecular complexity index is 794. The fraction of sp³-hybridized carbons (Fsp3) is 0.478. The molecule has 28 heavy (non-hydrogen) atoms. The van der Waals surface area contributed by atoms with E-state index in [2.05, 4.69) is 47.9 Å². The molecule has 0 saturated carbocycles. The SMILES string of the molecule is CCN(CC)CC1CN(Cc2ccccc2)CC1(O)c1ccc2c(c1)OCO2. The number of aliphatic hydroxyl groups is 1. The van der Waals surface area contributed by atoms with Crippen LogP contribution >= 0.6 is 0 Å². The first kappa shape index (κ1) is 19.2. The Morgan fingerprint density at radius 2 is 1.82 bits per heavy atom. The van der Waals surface area contributed by atoms with Crippen LogP contribution in [0.15, 0.2) is 48.5 Å². The van der Waals surface area contributed by atoms with Crippen LogP contribution < -0.4 is 9.47 Å². The molecule has 1 N–H and O–H groups in total. The van der Waals surface area contributed by atoms with Crippen LogP contribution in [0, 0.1) is 5.92 Å². The first-order valence-corrected chi connectivity index (χ1v) is 10.2. The van der Waals surface area contributed by atoms with Gasteiger partial charge < -0.3 is 19.5 Å². The summed E-state index contributed by atoms with van der Waals surface area (Å²) in [6.07, 6.45) is 0. The molecule has 2 unspecified atom stereocenters. The summed E-state index contributed by atoms with van der Waals surface area (Å²) in [6, 6.07) is 16.4. The fourth-order valence-electron chi connectivity index (χ4n) is 4.45. The monoisotopic (exact) mass is 382 g/mol. The normalized spacial score (nSPS) is 24.2. The van der Waals surface area contributed by atoms with E-state index in [1.54, 1.807) is 0 Å². The highest BCUT2D eigenvalue weighted by Gasteiger charge is 2.47. The van der Waals surface area contributed by atoms with E-state index in [4.69, 9.17) is 9.47 Å². The van der Waals surface area contributed by atoms with E-state index in [1.807, 2.05) is 24.3 Å². The second-order valence-electron chi connectivity index (χ2n) is 7.83. The minimum atomic E-state index is -0.904. The number of rotatable bonds is 7. The first-order valence-electron chi connectivity index (χ1n) is 10.2. The van der Waals surface area contributed by atoms with Crippen LogP contribution in [-0.4, -0.2) is 54.4 Å². The molecule has 0 aromatic heterocycles. The maximum atomic E-state index is 11.9. The molecule has 2 atom stereocenters. The molecular weight excluding hydrogens is 352 g/mol. The van der Waals surface area contributed by atoms with Crippen molar-refractivity contribution in [2.24, 2.45) is 5.92 Å². The average molecular weight is 383 g/mol. The highest BCUT2D eigenvalue weighted by atomic mass is 16.7. The first-order chi connectivity index (χ1) is 13.6. The van der Waals surface area contributed by atoms with Crippen molar-refractivity contribution in [3.63, 3.8) is 0 Å². The minimum absolute atomic E-state index is 0.136. The number of β-amino-alcohol motifs (C(OH)–C–C–N with tert-alkyl or cyclic N) is 1. The summed E-state index contributed by atoms with van der Waals surface area (Å²) < 4.78 is 11.0. The van der Waals surface area contributed by atoms with Crippen LogP contribution in [0.2, 0.25) is 0 Å². The molecule has 0 radical (unpaired) electrons. The number of hydrogen-bond acceptors (Lipinski definition) is 5. The summed E-state index contributed by atoms with van der Waals surface area (Å²) in [4.78, 5) is 4.77. The van der Waals surface area contributed by atoms with Gasteiger partial charge in [-0.25, -0.2) is 0 Å². The predicted octanol–water partition coefficient (Wildman–Crippen LogP) is 3.08. The van der Waals surface area contributed by atoms with Gasteiger partial charge in [0.2, 0.25) is 6.79 Å². The average Bonchev–Trinajstić information content (AvgIpc) is 3.31. The minimum Gasteiger partial charge on any atom is -0.454 e. The van der Waals surface area contributed by atoms with Crippen LogP contribution in [0.25, 0.3) is 0 Å². The zero-order valence-corrected chi connectivity index (χ0v) is 16.8. The van der Waals surface area contributed by atoms with Crippen LogP contribution in [0.4, 0.5) is 0 Å². The summed E-state index contributed by atoms with van der Waals surface area (Å²) in [7, 11) is 0. The van der Waals surface area contributed by atoms with Gasteiger partial charge in [-0.3, -0.25) is 4.90 Å². The number of likely N-dealkylation sites (tertiary alicyclic amines) is 1. The summed E-state index contributed by atoms with van der Waals surface area (Å²) in [5.74, 6) is 1.62. The largest absolute Gasteiger partial charge is 0.454 e. The highest BCUT2D eigenvalue weighted by molar-refractivity contribution is 5.46. The van der Waals surface area contributed by atoms with Crippen LogP contribution in [0.5, 0.6) is 11.5 Å². The molecule has 5 nitrogen and oxygen atoms in total. The molecule has 0 bridgehead atoms. The van der Waals surface area contributed by atoms with E-state index in [1.165, 1.54) is 5.56 Å². The van der Waals surface area contributed by atoms with Gasteiger partial charge in [0, 0.05) is 32.1 Å². The second kappa shape index (κ2) is 8.11. The third-order valence-electron chi connectivity index (χ3n) is 6.11. The lowest BCUT2D eigenvalue weighted by molar-refractivity contribution is -0.00463. The molecule has 2 aliphatic heterocycles. The van der Waals surface area contributed by atoms with Crippen molar-refractivity contribution in [3.05, 3.63) is 59.7 Å². The van der Waals surface area contributed by atoms with E-state index in [0.29, 0.717) is 6.54 Å². The molecule has 5 heteroatoms. The molecule has 2 heterocycles. The van der Waals surface area contributed by atoms with Gasteiger partial charge in [-0.2, -0.15) is 0 Å². The lowest BCUT2D eigenvalue weighted by Crippen LogP contribution is -2.41. The summed E-state index contributed by atoms with van der Waals surface area (Å²) in [5.41, 5.74) is 1.29. The maximum absolute atomic E-state index is 11.9. The number of nitrogens with zero attached hydrogens (tertiary/aromatic N) is 2. The van der Waals surface area contributed by atoms with Gasteiger partial charge in [-0.05, 0) is 36.3 Å². The number of benzene rings is 2. The van der Waals surface area contributed by atoms with Gasteiger partial charge in [0.25, 0.3) is 0 Å². The topological polar surface area (TPSA) is 45.2 Å². The Hall–Kier alpha value is -2.08. The third-order valence-corrected chi connectivity index (χ3v) is 6.11.